The number of benzene rings is 1. The van der Waals surface area contributed by atoms with Crippen molar-refractivity contribution in [1.29, 1.82) is 0 Å². The van der Waals surface area contributed by atoms with Gasteiger partial charge in [-0.25, -0.2) is 0 Å². The molecule has 3 amide bonds. The number of imide groups is 1. The van der Waals surface area contributed by atoms with Crippen LogP contribution in [0.1, 0.15) is 60.0 Å². The molecule has 4 rings (SSSR count). The van der Waals surface area contributed by atoms with Crippen molar-refractivity contribution < 1.29 is 14.4 Å². The molecule has 0 bridgehead atoms. The number of carbonyl (C=O) groups is 3. The summed E-state index contributed by atoms with van der Waals surface area (Å²) in [7, 11) is 0. The predicted octanol–water partition coefficient (Wildman–Crippen LogP) is 0.809. The standard InChI is InChI=1S/C20H26N4O3/c21-12-20(8-1-2-9-20)22-10-13-4-3-5-14-15(13)11-24(19(14)27)16-6-7-17(25)23-18(16)26/h3-5,16,22H,1-2,6-12,21H2,(H,23,25,26). The minimum Gasteiger partial charge on any atom is -0.329 e. The maximum absolute atomic E-state index is 12.9. The van der Waals surface area contributed by atoms with Crippen LogP contribution in [0.4, 0.5) is 0 Å². The van der Waals surface area contributed by atoms with E-state index in [9.17, 15) is 14.4 Å². The molecule has 1 aromatic carbocycles. The molecule has 1 aromatic rings. The lowest BCUT2D eigenvalue weighted by Gasteiger charge is -2.30. The summed E-state index contributed by atoms with van der Waals surface area (Å²) in [6.45, 7) is 1.69. The first-order valence-electron chi connectivity index (χ1n) is 9.73. The van der Waals surface area contributed by atoms with Crippen molar-refractivity contribution in [3.05, 3.63) is 34.9 Å². The molecule has 1 aliphatic carbocycles. The highest BCUT2D eigenvalue weighted by molar-refractivity contribution is 6.05. The third-order valence-corrected chi connectivity index (χ3v) is 6.28. The Morgan fingerprint density at radius 3 is 2.70 bits per heavy atom. The first-order valence-corrected chi connectivity index (χ1v) is 9.73. The van der Waals surface area contributed by atoms with E-state index in [2.05, 4.69) is 10.6 Å². The summed E-state index contributed by atoms with van der Waals surface area (Å²) >= 11 is 0. The second-order valence-electron chi connectivity index (χ2n) is 7.89. The fourth-order valence-corrected chi connectivity index (χ4v) is 4.60. The van der Waals surface area contributed by atoms with Gasteiger partial charge in [0.2, 0.25) is 11.8 Å². The fraction of sp³-hybridized carbons (Fsp3) is 0.550. The molecule has 7 heteroatoms. The highest BCUT2D eigenvalue weighted by Gasteiger charge is 2.40. The summed E-state index contributed by atoms with van der Waals surface area (Å²) < 4.78 is 0. The largest absolute Gasteiger partial charge is 0.329 e. The van der Waals surface area contributed by atoms with E-state index in [1.165, 1.54) is 12.8 Å². The second kappa shape index (κ2) is 7.05. The smallest absolute Gasteiger partial charge is 0.255 e. The van der Waals surface area contributed by atoms with Crippen molar-refractivity contribution in [3.63, 3.8) is 0 Å². The predicted molar refractivity (Wildman–Crippen MR) is 99.6 cm³/mol. The zero-order chi connectivity index (χ0) is 19.0. The van der Waals surface area contributed by atoms with E-state index < -0.39 is 6.04 Å². The maximum Gasteiger partial charge on any atom is 0.255 e. The van der Waals surface area contributed by atoms with Crippen LogP contribution in [0.15, 0.2) is 18.2 Å². The molecule has 2 aliphatic heterocycles. The van der Waals surface area contributed by atoms with E-state index in [-0.39, 0.29) is 29.7 Å². The zero-order valence-electron chi connectivity index (χ0n) is 15.4. The normalized spacial score (nSPS) is 24.3. The van der Waals surface area contributed by atoms with Crippen LogP contribution in [0.5, 0.6) is 0 Å². The SMILES string of the molecule is NCC1(NCc2cccc3c2CN(C2CCC(=O)NC2=O)C3=O)CCCC1. The molecule has 0 radical (unpaired) electrons. The van der Waals surface area contributed by atoms with Gasteiger partial charge < -0.3 is 16.0 Å². The number of carbonyl (C=O) groups excluding carboxylic acids is 3. The van der Waals surface area contributed by atoms with Crippen LogP contribution < -0.4 is 16.4 Å². The van der Waals surface area contributed by atoms with Gasteiger partial charge in [-0.05, 0) is 36.5 Å². The third-order valence-electron chi connectivity index (χ3n) is 6.28. The van der Waals surface area contributed by atoms with Gasteiger partial charge in [0.1, 0.15) is 6.04 Å². The monoisotopic (exact) mass is 370 g/mol. The number of fused-ring (bicyclic) bond motifs is 1. The van der Waals surface area contributed by atoms with E-state index in [0.29, 0.717) is 31.6 Å². The van der Waals surface area contributed by atoms with Crippen LogP contribution in [-0.2, 0) is 22.7 Å². The molecule has 4 N–H and O–H groups in total. The average Bonchev–Trinajstić information content (AvgIpc) is 3.26. The van der Waals surface area contributed by atoms with Crippen molar-refractivity contribution in [2.24, 2.45) is 5.73 Å². The van der Waals surface area contributed by atoms with Gasteiger partial charge in [0.15, 0.2) is 0 Å². The van der Waals surface area contributed by atoms with Crippen LogP contribution in [0.25, 0.3) is 0 Å². The van der Waals surface area contributed by atoms with E-state index in [0.717, 1.165) is 24.0 Å². The molecule has 0 aromatic heterocycles. The van der Waals surface area contributed by atoms with Crippen LogP contribution >= 0.6 is 0 Å². The topological polar surface area (TPSA) is 105 Å². The lowest BCUT2D eigenvalue weighted by Crippen LogP contribution is -2.52. The first-order chi connectivity index (χ1) is 13.0. The minimum atomic E-state index is -0.575. The van der Waals surface area contributed by atoms with E-state index in [1.54, 1.807) is 4.90 Å². The molecule has 3 aliphatic rings. The minimum absolute atomic E-state index is 0.00532. The first kappa shape index (κ1) is 18.1. The van der Waals surface area contributed by atoms with Gasteiger partial charge in [0.05, 0.1) is 0 Å². The van der Waals surface area contributed by atoms with Gasteiger partial charge in [-0.3, -0.25) is 19.7 Å². The van der Waals surface area contributed by atoms with Crippen molar-refractivity contribution in [2.75, 3.05) is 6.54 Å². The molecule has 1 saturated heterocycles. The quantitative estimate of drug-likeness (QED) is 0.666. The second-order valence-corrected chi connectivity index (χ2v) is 7.89. The summed E-state index contributed by atoms with van der Waals surface area (Å²) in [6.07, 6.45) is 5.20. The number of hydrogen-bond acceptors (Lipinski definition) is 5. The molecule has 1 atom stereocenters. The lowest BCUT2D eigenvalue weighted by atomic mass is 9.96. The number of amides is 3. The Bertz CT molecular complexity index is 785. The Balaban J connectivity index is 1.52. The molecular formula is C20H26N4O3. The van der Waals surface area contributed by atoms with Crippen LogP contribution in [-0.4, -0.2) is 40.7 Å². The molecule has 1 unspecified atom stereocenters. The van der Waals surface area contributed by atoms with Crippen molar-refractivity contribution >= 4 is 17.7 Å². The molecule has 7 nitrogen and oxygen atoms in total. The Morgan fingerprint density at radius 2 is 2.00 bits per heavy atom. The number of nitrogens with one attached hydrogen (secondary N) is 2. The van der Waals surface area contributed by atoms with E-state index >= 15 is 0 Å². The zero-order valence-corrected chi connectivity index (χ0v) is 15.4. The van der Waals surface area contributed by atoms with Gasteiger partial charge in [-0.1, -0.05) is 25.0 Å². The van der Waals surface area contributed by atoms with Crippen LogP contribution in [0.3, 0.4) is 0 Å². The van der Waals surface area contributed by atoms with Crippen LogP contribution in [0, 0.1) is 0 Å². The molecular weight excluding hydrogens is 344 g/mol. The number of rotatable bonds is 5. The third kappa shape index (κ3) is 3.26. The van der Waals surface area contributed by atoms with Crippen molar-refractivity contribution in [1.82, 2.24) is 15.5 Å². The van der Waals surface area contributed by atoms with Gasteiger partial charge in [0, 0.05) is 37.2 Å². The maximum atomic E-state index is 12.9. The molecule has 144 valence electrons. The molecule has 2 heterocycles. The number of nitrogens with two attached hydrogens (primary N) is 1. The summed E-state index contributed by atoms with van der Waals surface area (Å²) in [5, 5.41) is 5.98. The molecule has 2 fully saturated rings. The van der Waals surface area contributed by atoms with Crippen molar-refractivity contribution in [3.8, 4) is 0 Å². The Labute approximate surface area is 158 Å². The summed E-state index contributed by atoms with van der Waals surface area (Å²) in [5.41, 5.74) is 8.73. The molecule has 1 saturated carbocycles. The molecule has 27 heavy (non-hydrogen) atoms. The van der Waals surface area contributed by atoms with Crippen LogP contribution in [0.2, 0.25) is 0 Å². The van der Waals surface area contributed by atoms with Gasteiger partial charge in [-0.2, -0.15) is 0 Å². The summed E-state index contributed by atoms with van der Waals surface area (Å²) in [5.74, 6) is -0.773. The van der Waals surface area contributed by atoms with Gasteiger partial charge in [0.25, 0.3) is 5.91 Å². The Morgan fingerprint density at radius 1 is 1.22 bits per heavy atom. The number of piperidine rings is 1. The lowest BCUT2D eigenvalue weighted by molar-refractivity contribution is -0.136. The summed E-state index contributed by atoms with van der Waals surface area (Å²) in [6, 6.07) is 5.17. The highest BCUT2D eigenvalue weighted by atomic mass is 16.2. The molecule has 0 spiro atoms. The van der Waals surface area contributed by atoms with E-state index in [4.69, 9.17) is 5.73 Å². The summed E-state index contributed by atoms with van der Waals surface area (Å²) in [4.78, 5) is 38.1. The number of nitrogens with zero attached hydrogens (tertiary/aromatic N) is 1. The Kier molecular flexibility index (Phi) is 4.74. The fourth-order valence-electron chi connectivity index (χ4n) is 4.60. The van der Waals surface area contributed by atoms with Gasteiger partial charge in [-0.15, -0.1) is 0 Å². The highest BCUT2D eigenvalue weighted by Crippen LogP contribution is 2.32. The van der Waals surface area contributed by atoms with E-state index in [1.807, 2.05) is 18.2 Å². The average molecular weight is 370 g/mol. The van der Waals surface area contributed by atoms with Gasteiger partial charge >= 0.3 is 0 Å². The van der Waals surface area contributed by atoms with Crippen molar-refractivity contribution in [2.45, 2.75) is 63.2 Å². The number of hydrogen-bond donors (Lipinski definition) is 3. The Hall–Kier alpha value is -2.25.